The topological polar surface area (TPSA) is 28.2 Å². The Labute approximate surface area is 123 Å². The van der Waals surface area contributed by atoms with Crippen molar-refractivity contribution in [3.8, 4) is 0 Å². The summed E-state index contributed by atoms with van der Waals surface area (Å²) in [5.41, 5.74) is 0.516. The number of hydrogen-bond donors (Lipinski definition) is 1. The van der Waals surface area contributed by atoms with Crippen LogP contribution in [0.5, 0.6) is 0 Å². The zero-order valence-electron chi connectivity index (χ0n) is 13.7. The summed E-state index contributed by atoms with van der Waals surface area (Å²) in [5, 5.41) is 3.45. The summed E-state index contributed by atoms with van der Waals surface area (Å²) < 4.78 is 0. The normalized spacial score (nSPS) is 19.6. The van der Waals surface area contributed by atoms with Crippen LogP contribution in [0, 0.1) is 5.41 Å². The molecule has 0 amide bonds. The predicted molar refractivity (Wildman–Crippen MR) is 87.5 cm³/mol. The lowest BCUT2D eigenvalue weighted by Gasteiger charge is -2.26. The Morgan fingerprint density at radius 1 is 1.15 bits per heavy atom. The minimum atomic E-state index is 0.0480. The number of anilines is 2. The van der Waals surface area contributed by atoms with E-state index in [-0.39, 0.29) is 5.54 Å². The van der Waals surface area contributed by atoms with Crippen molar-refractivity contribution in [1.29, 1.82) is 0 Å². The summed E-state index contributed by atoms with van der Waals surface area (Å²) in [6.07, 6.45) is 3.81. The Kier molecular flexibility index (Phi) is 4.26. The van der Waals surface area contributed by atoms with Gasteiger partial charge in [0.1, 0.15) is 11.6 Å². The maximum atomic E-state index is 4.79. The van der Waals surface area contributed by atoms with E-state index in [2.05, 4.69) is 63.0 Å². The molecule has 0 unspecified atom stereocenters. The number of rotatable bonds is 2. The molecule has 3 nitrogen and oxygen atoms in total. The van der Waals surface area contributed by atoms with E-state index in [1.807, 2.05) is 0 Å². The van der Waals surface area contributed by atoms with Gasteiger partial charge in [-0.15, -0.1) is 0 Å². The maximum Gasteiger partial charge on any atom is 0.130 e. The van der Waals surface area contributed by atoms with Crippen LogP contribution in [0.3, 0.4) is 0 Å². The molecule has 1 aliphatic rings. The molecule has 1 aliphatic heterocycles. The predicted octanol–water partition coefficient (Wildman–Crippen LogP) is 4.31. The molecule has 1 saturated heterocycles. The molecule has 0 aliphatic carbocycles. The summed E-state index contributed by atoms with van der Waals surface area (Å²) in [6.45, 7) is 13.5. The first kappa shape index (κ1) is 15.1. The molecular weight excluding hydrogens is 246 g/mol. The second-order valence-corrected chi connectivity index (χ2v) is 7.76. The molecule has 1 N–H and O–H groups in total. The summed E-state index contributed by atoms with van der Waals surface area (Å²) in [5.74, 6) is 2.08. The van der Waals surface area contributed by atoms with Gasteiger partial charge in [0.25, 0.3) is 0 Å². The summed E-state index contributed by atoms with van der Waals surface area (Å²) in [7, 11) is 0. The fourth-order valence-electron chi connectivity index (χ4n) is 2.71. The van der Waals surface area contributed by atoms with Crippen LogP contribution in [-0.2, 0) is 0 Å². The lowest BCUT2D eigenvalue weighted by atomic mass is 9.85. The van der Waals surface area contributed by atoms with Crippen LogP contribution in [-0.4, -0.2) is 23.6 Å². The van der Waals surface area contributed by atoms with E-state index in [0.29, 0.717) is 5.41 Å². The molecule has 1 fully saturated rings. The van der Waals surface area contributed by atoms with Crippen molar-refractivity contribution in [1.82, 2.24) is 4.98 Å². The molecule has 0 bridgehead atoms. The van der Waals surface area contributed by atoms with Gasteiger partial charge in [-0.3, -0.25) is 0 Å². The van der Waals surface area contributed by atoms with Crippen LogP contribution in [0.25, 0.3) is 0 Å². The SMILES string of the molecule is CC1(C)CCCN(c2cccc(NC(C)(C)C)n2)CC1. The van der Waals surface area contributed by atoms with Gasteiger partial charge >= 0.3 is 0 Å². The number of hydrogen-bond acceptors (Lipinski definition) is 3. The molecule has 112 valence electrons. The van der Waals surface area contributed by atoms with Crippen LogP contribution < -0.4 is 10.2 Å². The van der Waals surface area contributed by atoms with Gasteiger partial charge in [-0.2, -0.15) is 0 Å². The van der Waals surface area contributed by atoms with E-state index in [0.717, 1.165) is 24.7 Å². The van der Waals surface area contributed by atoms with Crippen LogP contribution in [0.2, 0.25) is 0 Å². The molecule has 2 heterocycles. The van der Waals surface area contributed by atoms with Crippen LogP contribution in [0.15, 0.2) is 18.2 Å². The molecular formula is C17H29N3. The number of nitrogens with zero attached hydrogens (tertiary/aromatic N) is 2. The summed E-state index contributed by atoms with van der Waals surface area (Å²) in [4.78, 5) is 7.22. The highest BCUT2D eigenvalue weighted by atomic mass is 15.2. The van der Waals surface area contributed by atoms with Gasteiger partial charge in [0.2, 0.25) is 0 Å². The Hall–Kier alpha value is -1.25. The Bertz CT molecular complexity index is 446. The zero-order chi connectivity index (χ0) is 14.8. The standard InChI is InChI=1S/C17H29N3/c1-16(2,3)19-14-8-6-9-15(18-14)20-12-7-10-17(4,5)11-13-20/h6,8-9H,7,10-13H2,1-5H3,(H,18,19). The summed E-state index contributed by atoms with van der Waals surface area (Å²) >= 11 is 0. The van der Waals surface area contributed by atoms with Crippen molar-refractivity contribution in [3.63, 3.8) is 0 Å². The lowest BCUT2D eigenvalue weighted by molar-refractivity contribution is 0.325. The van der Waals surface area contributed by atoms with Gasteiger partial charge < -0.3 is 10.2 Å². The largest absolute Gasteiger partial charge is 0.365 e. The highest BCUT2D eigenvalue weighted by molar-refractivity contribution is 5.48. The fraction of sp³-hybridized carbons (Fsp3) is 0.706. The van der Waals surface area contributed by atoms with E-state index in [1.54, 1.807) is 0 Å². The molecule has 0 atom stereocenters. The van der Waals surface area contributed by atoms with Gasteiger partial charge in [-0.05, 0) is 57.6 Å². The van der Waals surface area contributed by atoms with Crippen LogP contribution >= 0.6 is 0 Å². The first-order valence-corrected chi connectivity index (χ1v) is 7.75. The van der Waals surface area contributed by atoms with Crippen molar-refractivity contribution < 1.29 is 0 Å². The third kappa shape index (κ3) is 4.39. The first-order valence-electron chi connectivity index (χ1n) is 7.75. The van der Waals surface area contributed by atoms with Crippen molar-refractivity contribution >= 4 is 11.6 Å². The van der Waals surface area contributed by atoms with Crippen molar-refractivity contribution in [2.75, 3.05) is 23.3 Å². The van der Waals surface area contributed by atoms with Gasteiger partial charge in [-0.25, -0.2) is 4.98 Å². The highest BCUT2D eigenvalue weighted by Gasteiger charge is 2.23. The Morgan fingerprint density at radius 3 is 2.60 bits per heavy atom. The molecule has 2 rings (SSSR count). The smallest absolute Gasteiger partial charge is 0.130 e. The average molecular weight is 275 g/mol. The molecule has 20 heavy (non-hydrogen) atoms. The third-order valence-electron chi connectivity index (χ3n) is 3.90. The molecule has 0 saturated carbocycles. The Morgan fingerprint density at radius 2 is 1.90 bits per heavy atom. The van der Waals surface area contributed by atoms with Gasteiger partial charge in [0.05, 0.1) is 0 Å². The van der Waals surface area contributed by atoms with Crippen molar-refractivity contribution in [2.45, 2.75) is 59.4 Å². The van der Waals surface area contributed by atoms with E-state index in [4.69, 9.17) is 4.98 Å². The van der Waals surface area contributed by atoms with Crippen LogP contribution in [0.4, 0.5) is 11.6 Å². The van der Waals surface area contributed by atoms with E-state index in [9.17, 15) is 0 Å². The molecule has 0 spiro atoms. The molecule has 1 aromatic rings. The van der Waals surface area contributed by atoms with E-state index >= 15 is 0 Å². The monoisotopic (exact) mass is 275 g/mol. The molecule has 3 heteroatoms. The molecule has 1 aromatic heterocycles. The van der Waals surface area contributed by atoms with E-state index < -0.39 is 0 Å². The number of pyridine rings is 1. The number of aromatic nitrogens is 1. The average Bonchev–Trinajstić information content (AvgIpc) is 2.48. The van der Waals surface area contributed by atoms with Gasteiger partial charge in [0.15, 0.2) is 0 Å². The molecule has 0 aromatic carbocycles. The van der Waals surface area contributed by atoms with Gasteiger partial charge in [0, 0.05) is 18.6 Å². The third-order valence-corrected chi connectivity index (χ3v) is 3.90. The van der Waals surface area contributed by atoms with Crippen LogP contribution in [0.1, 0.15) is 53.9 Å². The first-order chi connectivity index (χ1) is 9.25. The highest BCUT2D eigenvalue weighted by Crippen LogP contribution is 2.31. The fourth-order valence-corrected chi connectivity index (χ4v) is 2.71. The minimum absolute atomic E-state index is 0.0480. The van der Waals surface area contributed by atoms with E-state index in [1.165, 1.54) is 19.3 Å². The molecule has 0 radical (unpaired) electrons. The second kappa shape index (κ2) is 5.63. The quantitative estimate of drug-likeness (QED) is 0.871. The zero-order valence-corrected chi connectivity index (χ0v) is 13.7. The lowest BCUT2D eigenvalue weighted by Crippen LogP contribution is -2.28. The Balaban J connectivity index is 2.10. The second-order valence-electron chi connectivity index (χ2n) is 7.76. The van der Waals surface area contributed by atoms with Crippen molar-refractivity contribution in [2.24, 2.45) is 5.41 Å². The maximum absolute atomic E-state index is 4.79. The van der Waals surface area contributed by atoms with Gasteiger partial charge in [-0.1, -0.05) is 19.9 Å². The minimum Gasteiger partial charge on any atom is -0.365 e. The summed E-state index contributed by atoms with van der Waals surface area (Å²) in [6, 6.07) is 6.29. The van der Waals surface area contributed by atoms with Crippen molar-refractivity contribution in [3.05, 3.63) is 18.2 Å². The number of nitrogens with one attached hydrogen (secondary N) is 1.